The van der Waals surface area contributed by atoms with Gasteiger partial charge in [0.2, 0.25) is 0 Å². The fourth-order valence-electron chi connectivity index (χ4n) is 7.18. The maximum atomic E-state index is 6.69. The second kappa shape index (κ2) is 11.0. The van der Waals surface area contributed by atoms with Crippen molar-refractivity contribution in [2.75, 3.05) is 0 Å². The first kappa shape index (κ1) is 27.5. The van der Waals surface area contributed by atoms with E-state index in [9.17, 15) is 0 Å². The topological polar surface area (TPSA) is 51.8 Å². The molecule has 0 spiro atoms. The predicted octanol–water partition coefficient (Wildman–Crippen LogP) is 11.9. The summed E-state index contributed by atoms with van der Waals surface area (Å²) < 4.78 is 6.69. The molecule has 4 heteroatoms. The molecule has 49 heavy (non-hydrogen) atoms. The van der Waals surface area contributed by atoms with Crippen LogP contribution >= 0.6 is 0 Å². The SMILES string of the molecule is c1ccc(-c2cc3c4ccc(-c5nc(-c6cccc7ccccc67)nc(-c6cccc7ccccc67)n5)cc4oc3c3ccccc23)cc1. The van der Waals surface area contributed by atoms with E-state index in [0.717, 1.165) is 70.9 Å². The van der Waals surface area contributed by atoms with Gasteiger partial charge in [-0.2, -0.15) is 0 Å². The Morgan fingerprint density at radius 3 is 1.55 bits per heavy atom. The molecule has 0 saturated carbocycles. The van der Waals surface area contributed by atoms with Crippen LogP contribution in [0.4, 0.5) is 0 Å². The summed E-state index contributed by atoms with van der Waals surface area (Å²) in [5, 5.41) is 8.87. The molecule has 0 fully saturated rings. The van der Waals surface area contributed by atoms with Crippen LogP contribution in [0.1, 0.15) is 0 Å². The first-order chi connectivity index (χ1) is 24.3. The fraction of sp³-hybridized carbons (Fsp3) is 0. The standard InChI is InChI=1S/C45H27N3O/c1-2-12-30(13-3-1)39-27-40-35-25-24-31(26-41(35)49-42(40)36-21-9-8-20-34(36)39)43-46-44(37-22-10-16-28-14-4-6-18-32(28)37)48-45(47-43)38-23-11-17-29-15-5-7-19-33(29)38/h1-27H. The summed E-state index contributed by atoms with van der Waals surface area (Å²) >= 11 is 0. The van der Waals surface area contributed by atoms with Crippen molar-refractivity contribution < 1.29 is 4.42 Å². The van der Waals surface area contributed by atoms with Crippen molar-refractivity contribution in [3.63, 3.8) is 0 Å². The zero-order valence-electron chi connectivity index (χ0n) is 26.3. The van der Waals surface area contributed by atoms with Crippen LogP contribution in [-0.4, -0.2) is 15.0 Å². The first-order valence-corrected chi connectivity index (χ1v) is 16.4. The van der Waals surface area contributed by atoms with E-state index in [1.165, 1.54) is 11.1 Å². The van der Waals surface area contributed by atoms with Gasteiger partial charge in [-0.25, -0.2) is 15.0 Å². The van der Waals surface area contributed by atoms with Gasteiger partial charge in [-0.05, 0) is 56.3 Å². The van der Waals surface area contributed by atoms with E-state index in [1.807, 2.05) is 0 Å². The van der Waals surface area contributed by atoms with E-state index >= 15 is 0 Å². The van der Waals surface area contributed by atoms with E-state index in [1.54, 1.807) is 0 Å². The van der Waals surface area contributed by atoms with Crippen LogP contribution in [0, 0.1) is 0 Å². The lowest BCUT2D eigenvalue weighted by Crippen LogP contribution is -2.01. The maximum Gasteiger partial charge on any atom is 0.164 e. The van der Waals surface area contributed by atoms with Crippen LogP contribution in [0.3, 0.4) is 0 Å². The predicted molar refractivity (Wildman–Crippen MR) is 201 cm³/mol. The number of rotatable bonds is 4. The highest BCUT2D eigenvalue weighted by atomic mass is 16.3. The average molecular weight is 626 g/mol. The Kier molecular flexibility index (Phi) is 6.15. The van der Waals surface area contributed by atoms with Gasteiger partial charge in [0.05, 0.1) is 0 Å². The third-order valence-corrected chi connectivity index (χ3v) is 9.52. The van der Waals surface area contributed by atoms with Gasteiger partial charge in [-0.3, -0.25) is 0 Å². The van der Waals surface area contributed by atoms with Crippen molar-refractivity contribution in [1.29, 1.82) is 0 Å². The highest BCUT2D eigenvalue weighted by molar-refractivity contribution is 6.19. The second-order valence-electron chi connectivity index (χ2n) is 12.4. The van der Waals surface area contributed by atoms with Crippen molar-refractivity contribution in [3.05, 3.63) is 164 Å². The van der Waals surface area contributed by atoms with Gasteiger partial charge in [0.1, 0.15) is 11.2 Å². The summed E-state index contributed by atoms with van der Waals surface area (Å²) in [5.41, 5.74) is 6.84. The van der Waals surface area contributed by atoms with E-state index in [2.05, 4.69) is 164 Å². The Labute approximate surface area is 282 Å². The van der Waals surface area contributed by atoms with Crippen LogP contribution in [0.5, 0.6) is 0 Å². The zero-order valence-corrected chi connectivity index (χ0v) is 26.3. The quantitative estimate of drug-likeness (QED) is 0.195. The Morgan fingerprint density at radius 2 is 0.878 bits per heavy atom. The summed E-state index contributed by atoms with van der Waals surface area (Å²) in [7, 11) is 0. The number of nitrogens with zero attached hydrogens (tertiary/aromatic N) is 3. The lowest BCUT2D eigenvalue weighted by molar-refractivity contribution is 0.673. The van der Waals surface area contributed by atoms with Crippen LogP contribution in [-0.2, 0) is 0 Å². The molecule has 0 aliphatic heterocycles. The normalized spacial score (nSPS) is 11.7. The molecule has 0 aliphatic carbocycles. The molecule has 0 radical (unpaired) electrons. The zero-order chi connectivity index (χ0) is 32.3. The molecule has 10 aromatic rings. The molecule has 0 saturated heterocycles. The largest absolute Gasteiger partial charge is 0.455 e. The van der Waals surface area contributed by atoms with E-state index in [0.29, 0.717) is 17.5 Å². The number of fused-ring (bicyclic) bond motifs is 7. The first-order valence-electron chi connectivity index (χ1n) is 16.4. The van der Waals surface area contributed by atoms with Crippen molar-refractivity contribution in [3.8, 4) is 45.3 Å². The minimum absolute atomic E-state index is 0.595. The number of hydrogen-bond acceptors (Lipinski definition) is 4. The van der Waals surface area contributed by atoms with Gasteiger partial charge >= 0.3 is 0 Å². The third-order valence-electron chi connectivity index (χ3n) is 9.52. The molecule has 2 heterocycles. The maximum absolute atomic E-state index is 6.69. The minimum atomic E-state index is 0.595. The van der Waals surface area contributed by atoms with Crippen LogP contribution in [0.2, 0.25) is 0 Å². The number of hydrogen-bond donors (Lipinski definition) is 0. The number of benzene rings is 8. The Balaban J connectivity index is 1.21. The Hall–Kier alpha value is -6.65. The van der Waals surface area contributed by atoms with Gasteiger partial charge in [-0.15, -0.1) is 0 Å². The van der Waals surface area contributed by atoms with Gasteiger partial charge < -0.3 is 4.42 Å². The smallest absolute Gasteiger partial charge is 0.164 e. The fourth-order valence-corrected chi connectivity index (χ4v) is 7.18. The summed E-state index contributed by atoms with van der Waals surface area (Å²) in [4.78, 5) is 15.4. The van der Waals surface area contributed by atoms with Gasteiger partial charge in [0, 0.05) is 32.8 Å². The van der Waals surface area contributed by atoms with E-state index in [4.69, 9.17) is 19.4 Å². The molecule has 0 bridgehead atoms. The molecule has 2 aromatic heterocycles. The van der Waals surface area contributed by atoms with E-state index < -0.39 is 0 Å². The molecule has 8 aromatic carbocycles. The minimum Gasteiger partial charge on any atom is -0.455 e. The third kappa shape index (κ3) is 4.49. The lowest BCUT2D eigenvalue weighted by Gasteiger charge is -2.11. The van der Waals surface area contributed by atoms with Crippen molar-refractivity contribution in [2.45, 2.75) is 0 Å². The summed E-state index contributed by atoms with van der Waals surface area (Å²) in [6, 6.07) is 56.9. The average Bonchev–Trinajstić information content (AvgIpc) is 3.55. The monoisotopic (exact) mass is 625 g/mol. The molecule has 0 atom stereocenters. The second-order valence-corrected chi connectivity index (χ2v) is 12.4. The van der Waals surface area contributed by atoms with E-state index in [-0.39, 0.29) is 0 Å². The molecule has 10 rings (SSSR count). The highest BCUT2D eigenvalue weighted by Gasteiger charge is 2.19. The Bertz CT molecular complexity index is 2780. The number of furan rings is 1. The molecule has 228 valence electrons. The van der Waals surface area contributed by atoms with Crippen molar-refractivity contribution in [2.24, 2.45) is 0 Å². The molecule has 0 aliphatic rings. The Morgan fingerprint density at radius 1 is 0.327 bits per heavy atom. The highest BCUT2D eigenvalue weighted by Crippen LogP contribution is 2.41. The summed E-state index contributed by atoms with van der Waals surface area (Å²) in [6.45, 7) is 0. The molecule has 0 N–H and O–H groups in total. The summed E-state index contributed by atoms with van der Waals surface area (Å²) in [6.07, 6.45) is 0. The van der Waals surface area contributed by atoms with Crippen molar-refractivity contribution in [1.82, 2.24) is 15.0 Å². The van der Waals surface area contributed by atoms with Gasteiger partial charge in [0.15, 0.2) is 17.5 Å². The lowest BCUT2D eigenvalue weighted by atomic mass is 9.95. The van der Waals surface area contributed by atoms with Crippen molar-refractivity contribution >= 4 is 54.3 Å². The molecule has 0 unspecified atom stereocenters. The molecular weight excluding hydrogens is 599 g/mol. The molecule has 0 amide bonds. The van der Waals surface area contributed by atoms with Crippen LogP contribution in [0.15, 0.2) is 168 Å². The molecule has 4 nitrogen and oxygen atoms in total. The molecular formula is C45H27N3O. The number of aromatic nitrogens is 3. The van der Waals surface area contributed by atoms with Gasteiger partial charge in [0.25, 0.3) is 0 Å². The van der Waals surface area contributed by atoms with Gasteiger partial charge in [-0.1, -0.05) is 146 Å². The van der Waals surface area contributed by atoms with Crippen LogP contribution < -0.4 is 0 Å². The summed E-state index contributed by atoms with van der Waals surface area (Å²) in [5.74, 6) is 1.86. The van der Waals surface area contributed by atoms with Crippen LogP contribution in [0.25, 0.3) is 99.5 Å².